The van der Waals surface area contributed by atoms with Crippen LogP contribution in [-0.4, -0.2) is 79.6 Å². The number of fused-ring (bicyclic) bond motifs is 3. The Bertz CT molecular complexity index is 637. The second-order valence-electron chi connectivity index (χ2n) is 7.35. The van der Waals surface area contributed by atoms with Gasteiger partial charge in [-0.15, -0.1) is 0 Å². The van der Waals surface area contributed by atoms with Gasteiger partial charge in [-0.1, -0.05) is 18.2 Å². The van der Waals surface area contributed by atoms with Gasteiger partial charge in [-0.2, -0.15) is 0 Å². The van der Waals surface area contributed by atoms with Crippen molar-refractivity contribution in [3.63, 3.8) is 0 Å². The molecule has 4 aliphatic heterocycles. The number of nitrogens with one attached hydrogen (secondary N) is 2. The van der Waals surface area contributed by atoms with Crippen molar-refractivity contribution in [3.8, 4) is 0 Å². The highest BCUT2D eigenvalue weighted by molar-refractivity contribution is 5.84. The maximum atomic E-state index is 12.5. The molecule has 1 aromatic rings. The minimum Gasteiger partial charge on any atom is -0.368 e. The molecule has 7 nitrogen and oxygen atoms in total. The summed E-state index contributed by atoms with van der Waals surface area (Å²) in [6.07, 6.45) is 2.19. The molecule has 0 saturated carbocycles. The molecule has 0 radical (unpaired) electrons. The van der Waals surface area contributed by atoms with E-state index in [-0.39, 0.29) is 24.5 Å². The zero-order valence-corrected chi connectivity index (χ0v) is 15.1. The van der Waals surface area contributed by atoms with Crippen molar-refractivity contribution < 1.29 is 9.59 Å². The van der Waals surface area contributed by atoms with Crippen LogP contribution < -0.4 is 15.5 Å². The molecule has 5 rings (SSSR count). The Kier molecular flexibility index (Phi) is 4.97. The number of rotatable bonds is 3. The van der Waals surface area contributed by atoms with Crippen LogP contribution in [-0.2, 0) is 4.79 Å². The zero-order valence-electron chi connectivity index (χ0n) is 15.1. The van der Waals surface area contributed by atoms with Gasteiger partial charge in [-0.05, 0) is 25.0 Å². The highest BCUT2D eigenvalue weighted by Gasteiger charge is 2.36. The SMILES string of the molecule is O=C(CNC(=O)N1CC2CCC1CN2)N1CCN(c2ccccc2)CC1. The first-order valence-corrected chi connectivity index (χ1v) is 9.56. The topological polar surface area (TPSA) is 67.9 Å². The lowest BCUT2D eigenvalue weighted by atomic mass is 9.93. The summed E-state index contributed by atoms with van der Waals surface area (Å²) in [4.78, 5) is 30.9. The van der Waals surface area contributed by atoms with E-state index in [1.165, 1.54) is 5.69 Å². The van der Waals surface area contributed by atoms with Gasteiger partial charge >= 0.3 is 6.03 Å². The fourth-order valence-electron chi connectivity index (χ4n) is 4.17. The maximum absolute atomic E-state index is 12.5. The molecule has 26 heavy (non-hydrogen) atoms. The van der Waals surface area contributed by atoms with E-state index in [1.54, 1.807) is 0 Å². The van der Waals surface area contributed by atoms with Gasteiger partial charge in [0.05, 0.1) is 6.54 Å². The number of carbonyl (C=O) groups excluding carboxylic acids is 2. The third-order valence-corrected chi connectivity index (χ3v) is 5.75. The third kappa shape index (κ3) is 3.62. The lowest BCUT2D eigenvalue weighted by molar-refractivity contribution is -0.130. The first-order chi connectivity index (χ1) is 12.7. The van der Waals surface area contributed by atoms with Crippen LogP contribution in [0.4, 0.5) is 10.5 Å². The molecular weight excluding hydrogens is 330 g/mol. The summed E-state index contributed by atoms with van der Waals surface area (Å²) >= 11 is 0. The number of benzene rings is 1. The van der Waals surface area contributed by atoms with Crippen molar-refractivity contribution in [1.29, 1.82) is 0 Å². The smallest absolute Gasteiger partial charge is 0.318 e. The highest BCUT2D eigenvalue weighted by atomic mass is 16.2. The Morgan fingerprint density at radius 1 is 1.08 bits per heavy atom. The molecule has 4 fully saturated rings. The molecule has 3 amide bonds. The van der Waals surface area contributed by atoms with Crippen LogP contribution in [0, 0.1) is 0 Å². The van der Waals surface area contributed by atoms with E-state index in [9.17, 15) is 9.59 Å². The summed E-state index contributed by atoms with van der Waals surface area (Å²) in [6, 6.07) is 10.8. The molecule has 4 saturated heterocycles. The molecule has 140 valence electrons. The molecule has 0 aliphatic carbocycles. The highest BCUT2D eigenvalue weighted by Crippen LogP contribution is 2.22. The van der Waals surface area contributed by atoms with Crippen molar-refractivity contribution in [2.45, 2.75) is 24.9 Å². The minimum atomic E-state index is -0.0996. The first kappa shape index (κ1) is 17.1. The maximum Gasteiger partial charge on any atom is 0.318 e. The van der Waals surface area contributed by atoms with Crippen LogP contribution in [0.5, 0.6) is 0 Å². The number of anilines is 1. The van der Waals surface area contributed by atoms with Crippen molar-refractivity contribution in [2.75, 3.05) is 50.7 Å². The van der Waals surface area contributed by atoms with E-state index >= 15 is 0 Å². The molecule has 2 bridgehead atoms. The Morgan fingerprint density at radius 3 is 2.46 bits per heavy atom. The van der Waals surface area contributed by atoms with E-state index in [0.717, 1.165) is 39.0 Å². The van der Waals surface area contributed by atoms with Crippen LogP contribution >= 0.6 is 0 Å². The minimum absolute atomic E-state index is 0.00588. The lowest BCUT2D eigenvalue weighted by Crippen LogP contribution is -2.64. The van der Waals surface area contributed by atoms with Crippen LogP contribution in [0.3, 0.4) is 0 Å². The van der Waals surface area contributed by atoms with E-state index in [0.29, 0.717) is 19.1 Å². The predicted molar refractivity (Wildman–Crippen MR) is 100 cm³/mol. The summed E-state index contributed by atoms with van der Waals surface area (Å²) < 4.78 is 0. The summed E-state index contributed by atoms with van der Waals surface area (Å²) in [7, 11) is 0. The third-order valence-electron chi connectivity index (χ3n) is 5.75. The molecule has 7 heteroatoms. The number of piperazine rings is 2. The number of carbonyl (C=O) groups is 2. The van der Waals surface area contributed by atoms with Gasteiger partial charge in [0.1, 0.15) is 0 Å². The predicted octanol–water partition coefficient (Wildman–Crippen LogP) is 0.481. The monoisotopic (exact) mass is 357 g/mol. The summed E-state index contributed by atoms with van der Waals surface area (Å²) in [5, 5.41) is 6.27. The summed E-state index contributed by atoms with van der Waals surface area (Å²) in [6.45, 7) is 4.75. The Balaban J connectivity index is 1.22. The fourth-order valence-corrected chi connectivity index (χ4v) is 4.17. The second kappa shape index (κ2) is 7.53. The lowest BCUT2D eigenvalue weighted by Gasteiger charge is -2.45. The number of para-hydroxylation sites is 1. The Morgan fingerprint density at radius 2 is 1.85 bits per heavy atom. The summed E-state index contributed by atoms with van der Waals surface area (Å²) in [5.41, 5.74) is 1.20. The molecule has 2 atom stereocenters. The van der Waals surface area contributed by atoms with Gasteiger partial charge in [0.2, 0.25) is 5.91 Å². The van der Waals surface area contributed by atoms with E-state index in [1.807, 2.05) is 28.0 Å². The molecule has 4 aliphatic rings. The van der Waals surface area contributed by atoms with Crippen molar-refractivity contribution >= 4 is 17.6 Å². The fraction of sp³-hybridized carbons (Fsp3) is 0.579. The molecule has 2 N–H and O–H groups in total. The van der Waals surface area contributed by atoms with Gasteiger partial charge in [-0.3, -0.25) is 4.79 Å². The van der Waals surface area contributed by atoms with Crippen LogP contribution in [0.25, 0.3) is 0 Å². The Hall–Kier alpha value is -2.28. The van der Waals surface area contributed by atoms with Gasteiger partial charge in [-0.25, -0.2) is 4.79 Å². The first-order valence-electron chi connectivity index (χ1n) is 9.56. The second-order valence-corrected chi connectivity index (χ2v) is 7.35. The van der Waals surface area contributed by atoms with Gasteiger partial charge in [0.25, 0.3) is 0 Å². The van der Waals surface area contributed by atoms with Gasteiger partial charge in [0, 0.05) is 57.0 Å². The number of amides is 3. The molecule has 2 unspecified atom stereocenters. The quantitative estimate of drug-likeness (QED) is 0.826. The van der Waals surface area contributed by atoms with Gasteiger partial charge < -0.3 is 25.3 Å². The average Bonchev–Trinajstić information content (AvgIpc) is 2.73. The standard InChI is InChI=1S/C19H27N5O2/c25-18(13-21-19(26)24-14-15-6-7-17(24)12-20-15)23-10-8-22(9-11-23)16-4-2-1-3-5-16/h1-5,15,17,20H,6-14H2,(H,21,26). The molecular formula is C19H27N5O2. The van der Waals surface area contributed by atoms with Gasteiger partial charge in [0.15, 0.2) is 0 Å². The Labute approximate surface area is 154 Å². The number of hydrogen-bond donors (Lipinski definition) is 2. The summed E-state index contributed by atoms with van der Waals surface area (Å²) in [5.74, 6) is 0.00588. The van der Waals surface area contributed by atoms with E-state index in [2.05, 4.69) is 27.7 Å². The van der Waals surface area contributed by atoms with Crippen LogP contribution in [0.2, 0.25) is 0 Å². The number of urea groups is 1. The molecule has 0 aromatic heterocycles. The normalized spacial score (nSPS) is 25.3. The van der Waals surface area contributed by atoms with Crippen molar-refractivity contribution in [2.24, 2.45) is 0 Å². The van der Waals surface area contributed by atoms with Crippen molar-refractivity contribution in [1.82, 2.24) is 20.4 Å². The van der Waals surface area contributed by atoms with Crippen LogP contribution in [0.1, 0.15) is 12.8 Å². The van der Waals surface area contributed by atoms with Crippen LogP contribution in [0.15, 0.2) is 30.3 Å². The number of hydrogen-bond acceptors (Lipinski definition) is 4. The van der Waals surface area contributed by atoms with Crippen molar-refractivity contribution in [3.05, 3.63) is 30.3 Å². The molecule has 0 spiro atoms. The average molecular weight is 357 g/mol. The molecule has 4 heterocycles. The zero-order chi connectivity index (χ0) is 17.9. The molecule has 1 aromatic carbocycles. The number of piperidine rings is 2. The largest absolute Gasteiger partial charge is 0.368 e. The number of nitrogens with zero attached hydrogens (tertiary/aromatic N) is 3. The van der Waals surface area contributed by atoms with E-state index in [4.69, 9.17) is 0 Å². The van der Waals surface area contributed by atoms with E-state index < -0.39 is 0 Å².